The van der Waals surface area contributed by atoms with E-state index < -0.39 is 0 Å². The fourth-order valence-electron chi connectivity index (χ4n) is 3.57. The van der Waals surface area contributed by atoms with E-state index in [1.807, 2.05) is 48.7 Å². The number of nitrogens with one attached hydrogen (secondary N) is 1. The van der Waals surface area contributed by atoms with E-state index in [2.05, 4.69) is 31.3 Å². The molecule has 3 aromatic rings. The van der Waals surface area contributed by atoms with Crippen LogP contribution in [-0.4, -0.2) is 61.4 Å². The van der Waals surface area contributed by atoms with Gasteiger partial charge in [0, 0.05) is 57.1 Å². The van der Waals surface area contributed by atoms with Crippen LogP contribution in [0.25, 0.3) is 11.3 Å². The van der Waals surface area contributed by atoms with Crippen LogP contribution >= 0.6 is 0 Å². The molecule has 2 aromatic heterocycles. The molecule has 1 aliphatic rings. The van der Waals surface area contributed by atoms with Crippen LogP contribution in [0.5, 0.6) is 5.75 Å². The van der Waals surface area contributed by atoms with Gasteiger partial charge in [-0.05, 0) is 24.3 Å². The minimum atomic E-state index is 0.663. The number of rotatable bonds is 8. The Labute approximate surface area is 171 Å². The Balaban J connectivity index is 1.19. The van der Waals surface area contributed by atoms with Crippen molar-refractivity contribution in [2.24, 2.45) is 0 Å². The Morgan fingerprint density at radius 2 is 1.90 bits per heavy atom. The molecule has 0 bridgehead atoms. The minimum absolute atomic E-state index is 0.663. The van der Waals surface area contributed by atoms with E-state index in [0.29, 0.717) is 6.54 Å². The molecular weight excluding hydrogens is 366 g/mol. The number of hydrogen-bond acceptors (Lipinski definition) is 7. The average Bonchev–Trinajstić information content (AvgIpc) is 3.26. The van der Waals surface area contributed by atoms with Crippen molar-refractivity contribution in [3.8, 4) is 17.0 Å². The summed E-state index contributed by atoms with van der Waals surface area (Å²) in [5, 5.41) is 7.64. The summed E-state index contributed by atoms with van der Waals surface area (Å²) >= 11 is 0. The second-order valence-electron chi connectivity index (χ2n) is 7.07. The largest absolute Gasteiger partial charge is 0.496 e. The first-order chi connectivity index (χ1) is 14.3. The van der Waals surface area contributed by atoms with Crippen molar-refractivity contribution in [2.45, 2.75) is 6.54 Å². The van der Waals surface area contributed by atoms with Gasteiger partial charge in [-0.2, -0.15) is 0 Å². The molecule has 3 heterocycles. The first kappa shape index (κ1) is 19.4. The van der Waals surface area contributed by atoms with E-state index in [1.54, 1.807) is 7.11 Å². The van der Waals surface area contributed by atoms with Gasteiger partial charge in [-0.3, -0.25) is 4.90 Å². The van der Waals surface area contributed by atoms with E-state index in [-0.39, 0.29) is 0 Å². The molecule has 7 nitrogen and oxygen atoms in total. The van der Waals surface area contributed by atoms with E-state index in [4.69, 9.17) is 9.26 Å². The smallest absolute Gasteiger partial charge is 0.151 e. The van der Waals surface area contributed by atoms with Crippen molar-refractivity contribution >= 4 is 5.82 Å². The average molecular weight is 393 g/mol. The molecule has 0 radical (unpaired) electrons. The van der Waals surface area contributed by atoms with Crippen LogP contribution in [0.2, 0.25) is 0 Å². The van der Waals surface area contributed by atoms with Gasteiger partial charge in [0.05, 0.1) is 13.7 Å². The van der Waals surface area contributed by atoms with Gasteiger partial charge in [-0.15, -0.1) is 0 Å². The lowest BCUT2D eigenvalue weighted by Gasteiger charge is -2.35. The van der Waals surface area contributed by atoms with E-state index >= 15 is 0 Å². The van der Waals surface area contributed by atoms with Gasteiger partial charge >= 0.3 is 0 Å². The van der Waals surface area contributed by atoms with Crippen molar-refractivity contribution in [2.75, 3.05) is 51.3 Å². The van der Waals surface area contributed by atoms with Crippen LogP contribution in [-0.2, 0) is 6.54 Å². The molecule has 0 saturated carbocycles. The maximum absolute atomic E-state index is 5.48. The lowest BCUT2D eigenvalue weighted by atomic mass is 10.1. The summed E-state index contributed by atoms with van der Waals surface area (Å²) in [6.07, 6.45) is 1.86. The second-order valence-corrected chi connectivity index (χ2v) is 7.07. The zero-order chi connectivity index (χ0) is 19.9. The van der Waals surface area contributed by atoms with Crippen LogP contribution in [0.15, 0.2) is 59.3 Å². The minimum Gasteiger partial charge on any atom is -0.496 e. The molecule has 1 saturated heterocycles. The molecule has 1 aliphatic heterocycles. The summed E-state index contributed by atoms with van der Waals surface area (Å²) in [5.74, 6) is 2.69. The van der Waals surface area contributed by atoms with E-state index in [9.17, 15) is 0 Å². The zero-order valence-corrected chi connectivity index (χ0v) is 16.8. The van der Waals surface area contributed by atoms with Crippen molar-refractivity contribution in [1.82, 2.24) is 20.4 Å². The number of pyridine rings is 1. The molecule has 0 amide bonds. The van der Waals surface area contributed by atoms with Crippen LogP contribution < -0.4 is 15.0 Å². The Hall–Kier alpha value is -2.90. The standard InChI is InChI=1S/C22H27N5O2/c1-28-21-7-3-2-6-19(21)20-16-18(29-25-20)17-23-10-11-26-12-14-27(15-13-26)22-8-4-5-9-24-22/h2-9,16,23H,10-15,17H2,1H3. The predicted molar refractivity (Wildman–Crippen MR) is 113 cm³/mol. The van der Waals surface area contributed by atoms with E-state index in [1.165, 1.54) is 0 Å². The molecule has 29 heavy (non-hydrogen) atoms. The van der Waals surface area contributed by atoms with Crippen molar-refractivity contribution < 1.29 is 9.26 Å². The number of methoxy groups -OCH3 is 1. The summed E-state index contributed by atoms with van der Waals surface area (Å²) in [6, 6.07) is 15.9. The molecule has 7 heteroatoms. The number of ether oxygens (including phenoxy) is 1. The second kappa shape index (κ2) is 9.54. The Morgan fingerprint density at radius 1 is 1.07 bits per heavy atom. The van der Waals surface area contributed by atoms with Crippen LogP contribution in [0.3, 0.4) is 0 Å². The maximum Gasteiger partial charge on any atom is 0.151 e. The molecule has 0 unspecified atom stereocenters. The first-order valence-corrected chi connectivity index (χ1v) is 10.0. The van der Waals surface area contributed by atoms with Gasteiger partial charge in [0.2, 0.25) is 0 Å². The Bertz CT molecular complexity index is 891. The van der Waals surface area contributed by atoms with Gasteiger partial charge in [0.15, 0.2) is 5.76 Å². The quantitative estimate of drug-likeness (QED) is 0.590. The van der Waals surface area contributed by atoms with Crippen molar-refractivity contribution in [1.29, 1.82) is 0 Å². The van der Waals surface area contributed by atoms with Gasteiger partial charge < -0.3 is 19.5 Å². The summed E-state index contributed by atoms with van der Waals surface area (Å²) in [7, 11) is 1.66. The number of piperazine rings is 1. The maximum atomic E-state index is 5.48. The topological polar surface area (TPSA) is 66.7 Å². The van der Waals surface area contributed by atoms with Gasteiger partial charge in [-0.1, -0.05) is 23.4 Å². The van der Waals surface area contributed by atoms with Crippen LogP contribution in [0.4, 0.5) is 5.82 Å². The third kappa shape index (κ3) is 4.93. The number of nitrogens with zero attached hydrogens (tertiary/aromatic N) is 4. The molecular formula is C22H27N5O2. The van der Waals surface area contributed by atoms with E-state index in [0.717, 1.165) is 67.9 Å². The van der Waals surface area contributed by atoms with Crippen LogP contribution in [0.1, 0.15) is 5.76 Å². The lowest BCUT2D eigenvalue weighted by molar-refractivity contribution is 0.255. The number of para-hydroxylation sites is 1. The monoisotopic (exact) mass is 393 g/mol. The molecule has 152 valence electrons. The molecule has 0 atom stereocenters. The van der Waals surface area contributed by atoms with Gasteiger partial charge in [0.25, 0.3) is 0 Å². The summed E-state index contributed by atoms with van der Waals surface area (Å²) in [4.78, 5) is 9.27. The third-order valence-electron chi connectivity index (χ3n) is 5.19. The number of aromatic nitrogens is 2. The SMILES string of the molecule is COc1ccccc1-c1cc(CNCCN2CCN(c3ccccn3)CC2)on1. The molecule has 0 aliphatic carbocycles. The van der Waals surface area contributed by atoms with Gasteiger partial charge in [0.1, 0.15) is 17.3 Å². The highest BCUT2D eigenvalue weighted by Gasteiger charge is 2.17. The summed E-state index contributed by atoms with van der Waals surface area (Å²) < 4.78 is 10.9. The summed E-state index contributed by atoms with van der Waals surface area (Å²) in [5.41, 5.74) is 1.74. The highest BCUT2D eigenvalue weighted by atomic mass is 16.5. The normalized spacial score (nSPS) is 14.9. The number of anilines is 1. The Morgan fingerprint density at radius 3 is 2.69 bits per heavy atom. The molecule has 1 fully saturated rings. The van der Waals surface area contributed by atoms with Crippen molar-refractivity contribution in [3.63, 3.8) is 0 Å². The highest BCUT2D eigenvalue weighted by molar-refractivity contribution is 5.66. The fraction of sp³-hybridized carbons (Fsp3) is 0.364. The predicted octanol–water partition coefficient (Wildman–Crippen LogP) is 2.66. The number of benzene rings is 1. The van der Waals surface area contributed by atoms with Crippen LogP contribution in [0, 0.1) is 0 Å². The first-order valence-electron chi connectivity index (χ1n) is 10.0. The number of hydrogen-bond donors (Lipinski definition) is 1. The summed E-state index contributed by atoms with van der Waals surface area (Å²) in [6.45, 7) is 6.73. The van der Waals surface area contributed by atoms with Crippen molar-refractivity contribution in [3.05, 3.63) is 60.5 Å². The molecule has 1 N–H and O–H groups in total. The Kier molecular flexibility index (Phi) is 6.38. The molecule has 4 rings (SSSR count). The van der Waals surface area contributed by atoms with Gasteiger partial charge in [-0.25, -0.2) is 4.98 Å². The fourth-order valence-corrected chi connectivity index (χ4v) is 3.57. The zero-order valence-electron chi connectivity index (χ0n) is 16.8. The highest BCUT2D eigenvalue weighted by Crippen LogP contribution is 2.28. The molecule has 0 spiro atoms. The third-order valence-corrected chi connectivity index (χ3v) is 5.19. The molecule has 1 aromatic carbocycles. The lowest BCUT2D eigenvalue weighted by Crippen LogP contribution is -2.48.